The van der Waals surface area contributed by atoms with E-state index in [1.165, 1.54) is 0 Å². The van der Waals surface area contributed by atoms with Crippen LogP contribution in [0.4, 0.5) is 26.3 Å². The molecule has 0 saturated carbocycles. The monoisotopic (exact) mass is 573 g/mol. The van der Waals surface area contributed by atoms with Crippen molar-refractivity contribution in [3.05, 3.63) is 24.3 Å². The van der Waals surface area contributed by atoms with Crippen LogP contribution in [0.5, 0.6) is 0 Å². The van der Waals surface area contributed by atoms with Crippen molar-refractivity contribution in [2.45, 2.75) is 24.9 Å². The number of piperidine rings is 1. The number of carbonyl (C=O) groups excluding carboxylic acids is 1. The Balaban J connectivity index is 0.000000317. The number of piperazine rings is 1. The van der Waals surface area contributed by atoms with E-state index in [-0.39, 0.29) is 12.0 Å². The fourth-order valence-corrected chi connectivity index (χ4v) is 4.26. The van der Waals surface area contributed by atoms with Crippen LogP contribution in [0.25, 0.3) is 0 Å². The van der Waals surface area contributed by atoms with Crippen LogP contribution >= 0.6 is 0 Å². The Morgan fingerprint density at radius 2 is 1.54 bits per heavy atom. The molecular formula is C22H29F6N5O6. The molecule has 0 aromatic carbocycles. The second-order valence-electron chi connectivity index (χ2n) is 9.14. The van der Waals surface area contributed by atoms with E-state index in [2.05, 4.69) is 26.8 Å². The molecule has 0 aliphatic carbocycles. The number of aliphatic carboxylic acids is 2. The summed E-state index contributed by atoms with van der Waals surface area (Å²) < 4.78 is 69.6. The molecular weight excluding hydrogens is 544 g/mol. The molecule has 4 heterocycles. The fourth-order valence-electron chi connectivity index (χ4n) is 4.26. The molecule has 3 atom stereocenters. The Morgan fingerprint density at radius 1 is 0.974 bits per heavy atom. The smallest absolute Gasteiger partial charge is 0.475 e. The third-order valence-electron chi connectivity index (χ3n) is 6.40. The van der Waals surface area contributed by atoms with Gasteiger partial charge >= 0.3 is 24.3 Å². The molecule has 17 heteroatoms. The maximum absolute atomic E-state index is 12.7. The quantitative estimate of drug-likeness (QED) is 0.512. The van der Waals surface area contributed by atoms with Gasteiger partial charge in [-0.2, -0.15) is 26.3 Å². The van der Waals surface area contributed by atoms with E-state index in [1.54, 1.807) is 18.6 Å². The van der Waals surface area contributed by atoms with Gasteiger partial charge in [0.2, 0.25) is 0 Å². The second kappa shape index (κ2) is 13.8. The molecule has 3 aliphatic rings. The summed E-state index contributed by atoms with van der Waals surface area (Å²) in [6, 6.07) is 0. The van der Waals surface area contributed by atoms with Crippen molar-refractivity contribution in [1.29, 1.82) is 0 Å². The number of hydrogen-bond donors (Lipinski definition) is 2. The molecule has 1 aromatic heterocycles. The van der Waals surface area contributed by atoms with Crippen LogP contribution < -0.4 is 0 Å². The number of alkyl halides is 6. The first-order chi connectivity index (χ1) is 18.1. The zero-order valence-corrected chi connectivity index (χ0v) is 20.9. The van der Waals surface area contributed by atoms with Crippen LogP contribution in [0, 0.1) is 11.8 Å². The number of hydrogen-bond acceptors (Lipinski definition) is 8. The summed E-state index contributed by atoms with van der Waals surface area (Å²) in [5.41, 5.74) is 0.440. The van der Waals surface area contributed by atoms with Crippen LogP contribution in [0.1, 0.15) is 16.9 Å². The number of aromatic nitrogens is 2. The second-order valence-corrected chi connectivity index (χ2v) is 9.14. The van der Waals surface area contributed by atoms with Gasteiger partial charge in [-0.25, -0.2) is 14.6 Å². The minimum Gasteiger partial charge on any atom is -0.475 e. The van der Waals surface area contributed by atoms with Crippen molar-refractivity contribution in [2.75, 3.05) is 59.5 Å². The van der Waals surface area contributed by atoms with Gasteiger partial charge in [0.1, 0.15) is 5.69 Å². The van der Waals surface area contributed by atoms with Gasteiger partial charge in [0.25, 0.3) is 5.91 Å². The van der Waals surface area contributed by atoms with Gasteiger partial charge in [-0.1, -0.05) is 0 Å². The highest BCUT2D eigenvalue weighted by Gasteiger charge is 2.43. The highest BCUT2D eigenvalue weighted by Crippen LogP contribution is 2.35. The molecule has 2 N–H and O–H groups in total. The number of carboxylic acids is 2. The summed E-state index contributed by atoms with van der Waals surface area (Å²) in [5, 5.41) is 14.2. The zero-order valence-electron chi connectivity index (χ0n) is 20.9. The van der Waals surface area contributed by atoms with Crippen LogP contribution in [-0.4, -0.2) is 131 Å². The van der Waals surface area contributed by atoms with E-state index in [0.717, 1.165) is 58.8 Å². The molecule has 11 nitrogen and oxygen atoms in total. The minimum absolute atomic E-state index is 0.00297. The van der Waals surface area contributed by atoms with E-state index < -0.39 is 24.3 Å². The van der Waals surface area contributed by atoms with E-state index in [0.29, 0.717) is 17.5 Å². The number of fused-ring (bicyclic) bond motifs is 1. The predicted molar refractivity (Wildman–Crippen MR) is 121 cm³/mol. The largest absolute Gasteiger partial charge is 0.490 e. The number of halogens is 6. The molecule has 0 spiro atoms. The van der Waals surface area contributed by atoms with Crippen molar-refractivity contribution in [3.8, 4) is 0 Å². The maximum atomic E-state index is 12.7. The van der Waals surface area contributed by atoms with Gasteiger partial charge < -0.3 is 24.7 Å². The van der Waals surface area contributed by atoms with E-state index in [4.69, 9.17) is 24.5 Å². The van der Waals surface area contributed by atoms with Crippen molar-refractivity contribution in [1.82, 2.24) is 24.7 Å². The molecule has 39 heavy (non-hydrogen) atoms. The summed E-state index contributed by atoms with van der Waals surface area (Å²) in [7, 11) is 2.18. The average molecular weight is 573 g/mol. The molecule has 3 aliphatic heterocycles. The first-order valence-electron chi connectivity index (χ1n) is 11.8. The lowest BCUT2D eigenvalue weighted by Crippen LogP contribution is -2.50. The Morgan fingerprint density at radius 3 is 2.03 bits per heavy atom. The molecule has 1 aromatic rings. The summed E-state index contributed by atoms with van der Waals surface area (Å²) >= 11 is 0. The van der Waals surface area contributed by atoms with Crippen molar-refractivity contribution < 1.29 is 55.7 Å². The standard InChI is InChI=1S/C18H27N5O2.2C2HF3O2/c1-21-6-8-22(9-7-21)12-17-15-11-23(5-2-14(15)13-25-17)18(24)16-10-19-3-4-20-16;2*3-2(4,5)1(6)7/h3-4,10,14-15,17H,2,5-9,11-13H2,1H3;2*(H,6,7)/t14-,15-,17+;;/m0../s1. The van der Waals surface area contributed by atoms with Crippen LogP contribution in [0.2, 0.25) is 0 Å². The lowest BCUT2D eigenvalue weighted by atomic mass is 9.84. The lowest BCUT2D eigenvalue weighted by molar-refractivity contribution is -0.193. The maximum Gasteiger partial charge on any atom is 0.490 e. The Kier molecular flexibility index (Phi) is 11.4. The SMILES string of the molecule is CN1CCN(C[C@H]2OC[C@@H]3CCN(C(=O)c4cnccn4)C[C@@H]32)CC1.O=C(O)C(F)(F)F.O=C(O)C(F)(F)F. The molecule has 0 bridgehead atoms. The van der Waals surface area contributed by atoms with E-state index in [9.17, 15) is 31.1 Å². The van der Waals surface area contributed by atoms with Crippen molar-refractivity contribution in [2.24, 2.45) is 11.8 Å². The zero-order chi connectivity index (χ0) is 29.4. The number of amides is 1. The predicted octanol–water partition coefficient (Wildman–Crippen LogP) is 1.47. The number of likely N-dealkylation sites (N-methyl/N-ethyl adjacent to an activating group) is 1. The number of ether oxygens (including phenoxy) is 1. The topological polar surface area (TPSA) is 136 Å². The molecule has 1 amide bonds. The van der Waals surface area contributed by atoms with Crippen LogP contribution in [0.3, 0.4) is 0 Å². The van der Waals surface area contributed by atoms with Crippen LogP contribution in [0.15, 0.2) is 18.6 Å². The number of rotatable bonds is 3. The fraction of sp³-hybridized carbons (Fsp3) is 0.682. The summed E-state index contributed by atoms with van der Waals surface area (Å²) in [4.78, 5) is 45.5. The number of carbonyl (C=O) groups is 3. The average Bonchev–Trinajstić information content (AvgIpc) is 3.27. The summed E-state index contributed by atoms with van der Waals surface area (Å²) in [6.07, 6.45) is -4.17. The van der Waals surface area contributed by atoms with E-state index in [1.807, 2.05) is 4.90 Å². The van der Waals surface area contributed by atoms with Gasteiger partial charge in [-0.3, -0.25) is 14.7 Å². The highest BCUT2D eigenvalue weighted by atomic mass is 19.4. The van der Waals surface area contributed by atoms with Gasteiger partial charge in [-0.15, -0.1) is 0 Å². The summed E-state index contributed by atoms with van der Waals surface area (Å²) in [6.45, 7) is 7.86. The van der Waals surface area contributed by atoms with Gasteiger partial charge in [-0.05, 0) is 19.4 Å². The van der Waals surface area contributed by atoms with E-state index >= 15 is 0 Å². The Hall–Kier alpha value is -3.05. The van der Waals surface area contributed by atoms with Crippen LogP contribution in [-0.2, 0) is 14.3 Å². The first-order valence-corrected chi connectivity index (χ1v) is 11.8. The highest BCUT2D eigenvalue weighted by molar-refractivity contribution is 5.92. The third kappa shape index (κ3) is 10.2. The van der Waals surface area contributed by atoms with Gasteiger partial charge in [0.15, 0.2) is 0 Å². The minimum atomic E-state index is -5.08. The molecule has 4 rings (SSSR count). The molecule has 220 valence electrons. The Bertz CT molecular complexity index is 935. The molecule has 0 unspecified atom stereocenters. The Labute approximate surface area is 219 Å². The molecule has 3 saturated heterocycles. The molecule has 0 radical (unpaired) electrons. The first kappa shape index (κ1) is 32.2. The van der Waals surface area contributed by atoms with Crippen molar-refractivity contribution >= 4 is 17.8 Å². The lowest BCUT2D eigenvalue weighted by Gasteiger charge is -2.38. The normalized spacial score (nSPS) is 24.0. The third-order valence-corrected chi connectivity index (χ3v) is 6.40. The number of carboxylic acid groups (broad SMARTS) is 2. The summed E-state index contributed by atoms with van der Waals surface area (Å²) in [5.74, 6) is -4.49. The molecule has 3 fully saturated rings. The van der Waals surface area contributed by atoms with Crippen molar-refractivity contribution in [3.63, 3.8) is 0 Å². The number of nitrogens with zero attached hydrogens (tertiary/aromatic N) is 5. The van der Waals surface area contributed by atoms with Gasteiger partial charge in [0.05, 0.1) is 18.9 Å². The number of likely N-dealkylation sites (tertiary alicyclic amines) is 1. The van der Waals surface area contributed by atoms with Gasteiger partial charge in [0, 0.05) is 64.1 Å².